The largest absolute Gasteiger partial charge is 0.352 e. The zero-order valence-electron chi connectivity index (χ0n) is 18.4. The van der Waals surface area contributed by atoms with E-state index in [2.05, 4.69) is 5.32 Å². The van der Waals surface area contributed by atoms with E-state index in [1.54, 1.807) is 36.4 Å². The first-order chi connectivity index (χ1) is 15.8. The van der Waals surface area contributed by atoms with Crippen molar-refractivity contribution in [1.29, 1.82) is 0 Å². The molecule has 0 heterocycles. The number of halogens is 2. The van der Waals surface area contributed by atoms with E-state index in [1.807, 2.05) is 6.92 Å². The van der Waals surface area contributed by atoms with E-state index in [1.165, 1.54) is 11.0 Å². The molecular formula is C24H27Cl2N3O4. The minimum atomic E-state index is -0.729. The molecule has 1 aliphatic carbocycles. The summed E-state index contributed by atoms with van der Waals surface area (Å²) in [5, 5.41) is 15.3. The second-order valence-corrected chi connectivity index (χ2v) is 9.08. The summed E-state index contributed by atoms with van der Waals surface area (Å²) in [4.78, 5) is 39.0. The first-order valence-corrected chi connectivity index (χ1v) is 11.8. The van der Waals surface area contributed by atoms with Gasteiger partial charge in [0.1, 0.15) is 6.04 Å². The van der Waals surface area contributed by atoms with Crippen LogP contribution in [0.1, 0.15) is 50.2 Å². The van der Waals surface area contributed by atoms with Crippen molar-refractivity contribution in [3.8, 4) is 0 Å². The second kappa shape index (κ2) is 11.5. The maximum Gasteiger partial charge on any atom is 0.273 e. The monoisotopic (exact) mass is 491 g/mol. The maximum atomic E-state index is 13.5. The summed E-state index contributed by atoms with van der Waals surface area (Å²) in [5.74, 6) is -0.603. The fraction of sp³-hybridized carbons (Fsp3) is 0.417. The van der Waals surface area contributed by atoms with E-state index in [9.17, 15) is 19.7 Å². The van der Waals surface area contributed by atoms with E-state index in [0.717, 1.165) is 25.7 Å². The molecule has 1 aliphatic rings. The van der Waals surface area contributed by atoms with E-state index >= 15 is 0 Å². The lowest BCUT2D eigenvalue weighted by atomic mass is 10.0. The molecule has 0 bridgehead atoms. The second-order valence-electron chi connectivity index (χ2n) is 8.23. The van der Waals surface area contributed by atoms with Gasteiger partial charge in [-0.2, -0.15) is 0 Å². The molecule has 0 saturated heterocycles. The SMILES string of the molecule is CCC(C(=O)NC1CCCC1)N(Cc1ccc(Cl)cc1Cl)C(=O)Cc1ccccc1[N+](=O)[O-]. The molecule has 2 amide bonds. The summed E-state index contributed by atoms with van der Waals surface area (Å²) in [7, 11) is 0. The van der Waals surface area contributed by atoms with Gasteiger partial charge < -0.3 is 10.2 Å². The van der Waals surface area contributed by atoms with Gasteiger partial charge in [-0.3, -0.25) is 19.7 Å². The molecule has 2 aromatic carbocycles. The number of nitrogens with zero attached hydrogens (tertiary/aromatic N) is 2. The topological polar surface area (TPSA) is 92.6 Å². The lowest BCUT2D eigenvalue weighted by Crippen LogP contribution is -2.51. The van der Waals surface area contributed by atoms with Crippen LogP contribution in [0.4, 0.5) is 5.69 Å². The van der Waals surface area contributed by atoms with E-state index in [-0.39, 0.29) is 36.5 Å². The van der Waals surface area contributed by atoms with Gasteiger partial charge in [0.25, 0.3) is 5.69 Å². The highest BCUT2D eigenvalue weighted by Gasteiger charge is 2.32. The Hall–Kier alpha value is -2.64. The number of carbonyl (C=O) groups is 2. The van der Waals surface area contributed by atoms with Crippen LogP contribution in [0.25, 0.3) is 0 Å². The van der Waals surface area contributed by atoms with E-state index in [4.69, 9.17) is 23.2 Å². The van der Waals surface area contributed by atoms with Crippen molar-refractivity contribution in [3.63, 3.8) is 0 Å². The van der Waals surface area contributed by atoms with Gasteiger partial charge in [0.15, 0.2) is 0 Å². The summed E-state index contributed by atoms with van der Waals surface area (Å²) >= 11 is 12.4. The number of nitro benzene ring substituents is 1. The molecule has 1 fully saturated rings. The molecule has 33 heavy (non-hydrogen) atoms. The quantitative estimate of drug-likeness (QED) is 0.379. The lowest BCUT2D eigenvalue weighted by Gasteiger charge is -2.32. The number of hydrogen-bond acceptors (Lipinski definition) is 4. The highest BCUT2D eigenvalue weighted by molar-refractivity contribution is 6.35. The van der Waals surface area contributed by atoms with Crippen molar-refractivity contribution >= 4 is 40.7 Å². The lowest BCUT2D eigenvalue weighted by molar-refractivity contribution is -0.385. The summed E-state index contributed by atoms with van der Waals surface area (Å²) in [5.41, 5.74) is 0.814. The van der Waals surface area contributed by atoms with Crippen LogP contribution in [-0.2, 0) is 22.6 Å². The molecule has 2 aromatic rings. The van der Waals surface area contributed by atoms with Crippen molar-refractivity contribution in [2.24, 2.45) is 0 Å². The summed E-state index contributed by atoms with van der Waals surface area (Å²) in [6.45, 7) is 1.93. The van der Waals surface area contributed by atoms with Gasteiger partial charge >= 0.3 is 0 Å². The Balaban J connectivity index is 1.90. The Labute approximate surface area is 203 Å². The number of nitrogens with one attached hydrogen (secondary N) is 1. The molecule has 1 N–H and O–H groups in total. The predicted molar refractivity (Wildman–Crippen MR) is 128 cm³/mol. The van der Waals surface area contributed by atoms with Gasteiger partial charge in [-0.05, 0) is 37.0 Å². The maximum absolute atomic E-state index is 13.5. The van der Waals surface area contributed by atoms with Crippen LogP contribution in [-0.4, -0.2) is 33.7 Å². The highest BCUT2D eigenvalue weighted by atomic mass is 35.5. The van der Waals surface area contributed by atoms with Crippen molar-refractivity contribution < 1.29 is 14.5 Å². The molecule has 176 valence electrons. The number of carbonyl (C=O) groups excluding carboxylic acids is 2. The van der Waals surface area contributed by atoms with Crippen LogP contribution in [0.2, 0.25) is 10.0 Å². The van der Waals surface area contributed by atoms with E-state index < -0.39 is 11.0 Å². The average molecular weight is 492 g/mol. The normalized spacial score (nSPS) is 14.6. The van der Waals surface area contributed by atoms with Crippen LogP contribution in [0.3, 0.4) is 0 Å². The fourth-order valence-corrected chi connectivity index (χ4v) is 4.69. The molecular weight excluding hydrogens is 465 g/mol. The van der Waals surface area contributed by atoms with Crippen LogP contribution >= 0.6 is 23.2 Å². The smallest absolute Gasteiger partial charge is 0.273 e. The van der Waals surface area contributed by atoms with Gasteiger partial charge in [0.05, 0.1) is 11.3 Å². The van der Waals surface area contributed by atoms with Crippen molar-refractivity contribution in [2.75, 3.05) is 0 Å². The summed E-state index contributed by atoms with van der Waals surface area (Å²) in [6.07, 6.45) is 4.19. The Bertz CT molecular complexity index is 1020. The first kappa shape index (κ1) is 25.0. The zero-order valence-corrected chi connectivity index (χ0v) is 19.9. The average Bonchev–Trinajstić information content (AvgIpc) is 3.28. The Morgan fingerprint density at radius 2 is 1.85 bits per heavy atom. The highest BCUT2D eigenvalue weighted by Crippen LogP contribution is 2.26. The number of para-hydroxylation sites is 1. The summed E-state index contributed by atoms with van der Waals surface area (Å²) < 4.78 is 0. The molecule has 3 rings (SSSR count). The molecule has 7 nitrogen and oxygen atoms in total. The van der Waals surface area contributed by atoms with Crippen molar-refractivity contribution in [2.45, 2.75) is 64.1 Å². The minimum Gasteiger partial charge on any atom is -0.352 e. The fourth-order valence-electron chi connectivity index (χ4n) is 4.22. The molecule has 0 aliphatic heterocycles. The van der Waals surface area contributed by atoms with Crippen LogP contribution in [0.5, 0.6) is 0 Å². The Morgan fingerprint density at radius 3 is 2.48 bits per heavy atom. The van der Waals surface area contributed by atoms with Crippen LogP contribution in [0, 0.1) is 10.1 Å². The van der Waals surface area contributed by atoms with Crippen molar-refractivity contribution in [1.82, 2.24) is 10.2 Å². The third kappa shape index (κ3) is 6.45. The number of rotatable bonds is 9. The molecule has 0 spiro atoms. The molecule has 0 aromatic heterocycles. The number of nitro groups is 1. The van der Waals surface area contributed by atoms with E-state index in [0.29, 0.717) is 27.6 Å². The third-order valence-electron chi connectivity index (χ3n) is 5.97. The minimum absolute atomic E-state index is 0.0893. The Morgan fingerprint density at radius 1 is 1.15 bits per heavy atom. The molecule has 9 heteroatoms. The molecule has 1 saturated carbocycles. The first-order valence-electron chi connectivity index (χ1n) is 11.1. The molecule has 1 unspecified atom stereocenters. The van der Waals surface area contributed by atoms with Gasteiger partial charge in [-0.15, -0.1) is 0 Å². The Kier molecular flexibility index (Phi) is 8.69. The predicted octanol–water partition coefficient (Wildman–Crippen LogP) is 5.31. The molecule has 1 atom stereocenters. The number of amides is 2. The van der Waals surface area contributed by atoms with Crippen LogP contribution < -0.4 is 5.32 Å². The molecule has 0 radical (unpaired) electrons. The van der Waals surface area contributed by atoms with Gasteiger partial charge in [-0.1, -0.05) is 67.2 Å². The van der Waals surface area contributed by atoms with Crippen LogP contribution in [0.15, 0.2) is 42.5 Å². The third-order valence-corrected chi connectivity index (χ3v) is 6.56. The number of hydrogen-bond donors (Lipinski definition) is 1. The summed E-state index contributed by atoms with van der Waals surface area (Å²) in [6, 6.07) is 10.5. The number of benzene rings is 2. The van der Waals surface area contributed by atoms with Gasteiger partial charge in [0, 0.05) is 34.3 Å². The van der Waals surface area contributed by atoms with Crippen molar-refractivity contribution in [3.05, 3.63) is 73.8 Å². The standard InChI is InChI=1S/C24H27Cl2N3O4/c1-2-21(24(31)27-19-8-4-5-9-19)28(15-17-11-12-18(25)14-20(17)26)23(30)13-16-7-3-6-10-22(16)29(32)33/h3,6-7,10-12,14,19,21H,2,4-5,8-9,13,15H2,1H3,(H,27,31). The van der Waals surface area contributed by atoms with Gasteiger partial charge in [-0.25, -0.2) is 0 Å². The van der Waals surface area contributed by atoms with Gasteiger partial charge in [0.2, 0.25) is 11.8 Å². The zero-order chi connectivity index (χ0) is 24.0.